The van der Waals surface area contributed by atoms with Gasteiger partial charge in [0.25, 0.3) is 0 Å². The van der Waals surface area contributed by atoms with Gasteiger partial charge >= 0.3 is 0 Å². The molecule has 122 valence electrons. The maximum absolute atomic E-state index is 12.8. The van der Waals surface area contributed by atoms with Crippen LogP contribution in [0.1, 0.15) is 32.1 Å². The number of amides is 1. The topological polar surface area (TPSA) is 55.6 Å². The molecule has 2 unspecified atom stereocenters. The van der Waals surface area contributed by atoms with Gasteiger partial charge in [-0.2, -0.15) is 0 Å². The Hall–Kier alpha value is -1.62. The zero-order valence-electron chi connectivity index (χ0n) is 13.1. The molecule has 0 aliphatic heterocycles. The lowest BCUT2D eigenvalue weighted by molar-refractivity contribution is -0.131. The van der Waals surface area contributed by atoms with Gasteiger partial charge in [0.05, 0.1) is 6.54 Å². The van der Waals surface area contributed by atoms with Gasteiger partial charge in [0.1, 0.15) is 18.2 Å². The van der Waals surface area contributed by atoms with Gasteiger partial charge in [0.2, 0.25) is 5.91 Å². The van der Waals surface area contributed by atoms with Gasteiger partial charge in [0.15, 0.2) is 0 Å². The number of hydrogen-bond donors (Lipinski definition) is 1. The van der Waals surface area contributed by atoms with E-state index in [-0.39, 0.29) is 17.8 Å². The third-order valence-corrected chi connectivity index (χ3v) is 4.34. The Labute approximate surface area is 131 Å². The minimum absolute atomic E-state index is 0.116. The summed E-state index contributed by atoms with van der Waals surface area (Å²) in [5.74, 6) is 0.742. The van der Waals surface area contributed by atoms with Gasteiger partial charge in [-0.3, -0.25) is 4.79 Å². The molecule has 1 aromatic carbocycles. The molecule has 2 atom stereocenters. The summed E-state index contributed by atoms with van der Waals surface area (Å²) < 4.78 is 18.3. The molecule has 0 bridgehead atoms. The summed E-state index contributed by atoms with van der Waals surface area (Å²) in [6.07, 6.45) is 4.94. The molecule has 1 aromatic rings. The first-order valence-corrected chi connectivity index (χ1v) is 7.94. The van der Waals surface area contributed by atoms with Crippen molar-refractivity contribution in [2.24, 2.45) is 11.7 Å². The molecule has 0 heterocycles. The second-order valence-electron chi connectivity index (χ2n) is 6.03. The van der Waals surface area contributed by atoms with Crippen LogP contribution in [0.3, 0.4) is 0 Å². The maximum atomic E-state index is 12.8. The number of hydrogen-bond acceptors (Lipinski definition) is 3. The zero-order chi connectivity index (χ0) is 15.9. The highest BCUT2D eigenvalue weighted by Gasteiger charge is 2.25. The van der Waals surface area contributed by atoms with E-state index in [1.54, 1.807) is 24.1 Å². The van der Waals surface area contributed by atoms with Crippen LogP contribution < -0.4 is 10.5 Å². The Morgan fingerprint density at radius 1 is 1.32 bits per heavy atom. The van der Waals surface area contributed by atoms with Crippen LogP contribution in [0.15, 0.2) is 24.3 Å². The van der Waals surface area contributed by atoms with Gasteiger partial charge in [0, 0.05) is 19.5 Å². The van der Waals surface area contributed by atoms with Crippen molar-refractivity contribution in [2.45, 2.75) is 38.1 Å². The van der Waals surface area contributed by atoms with Crippen LogP contribution in [-0.4, -0.2) is 37.0 Å². The Bertz CT molecular complexity index is 478. The summed E-state index contributed by atoms with van der Waals surface area (Å²) in [7, 11) is 1.78. The number of nitrogens with zero attached hydrogens (tertiary/aromatic N) is 1. The van der Waals surface area contributed by atoms with Crippen molar-refractivity contribution in [1.29, 1.82) is 0 Å². The van der Waals surface area contributed by atoms with E-state index in [9.17, 15) is 9.18 Å². The van der Waals surface area contributed by atoms with Gasteiger partial charge in [-0.05, 0) is 43.0 Å². The molecule has 0 aromatic heterocycles. The molecule has 5 heteroatoms. The number of ether oxygens (including phenoxy) is 1. The minimum atomic E-state index is -0.288. The summed E-state index contributed by atoms with van der Waals surface area (Å²) in [5.41, 5.74) is 6.09. The second kappa shape index (κ2) is 8.13. The Balaban J connectivity index is 1.70. The van der Waals surface area contributed by atoms with E-state index in [1.165, 1.54) is 25.0 Å². The largest absolute Gasteiger partial charge is 0.492 e. The highest BCUT2D eigenvalue weighted by Crippen LogP contribution is 2.26. The molecule has 0 spiro atoms. The monoisotopic (exact) mass is 308 g/mol. The summed E-state index contributed by atoms with van der Waals surface area (Å²) in [5, 5.41) is 0. The number of carbonyl (C=O) groups is 1. The van der Waals surface area contributed by atoms with Gasteiger partial charge in [-0.15, -0.1) is 0 Å². The summed E-state index contributed by atoms with van der Waals surface area (Å²) in [6.45, 7) is 0.906. The van der Waals surface area contributed by atoms with Crippen LogP contribution >= 0.6 is 0 Å². The third-order valence-electron chi connectivity index (χ3n) is 4.34. The molecule has 2 N–H and O–H groups in total. The summed E-state index contributed by atoms with van der Waals surface area (Å²) in [6, 6.07) is 6.03. The van der Waals surface area contributed by atoms with E-state index < -0.39 is 0 Å². The highest BCUT2D eigenvalue weighted by molar-refractivity contribution is 5.76. The van der Waals surface area contributed by atoms with Crippen LogP contribution in [0.2, 0.25) is 0 Å². The van der Waals surface area contributed by atoms with Gasteiger partial charge < -0.3 is 15.4 Å². The molecule has 22 heavy (non-hydrogen) atoms. The molecule has 1 amide bonds. The SMILES string of the molecule is CN(CCOc1ccc(F)cc1)C(=O)CC1CCCCC1N. The van der Waals surface area contributed by atoms with Crippen LogP contribution in [0.25, 0.3) is 0 Å². The average molecular weight is 308 g/mol. The number of halogens is 1. The molecule has 1 aliphatic carbocycles. The van der Waals surface area contributed by atoms with Crippen molar-refractivity contribution in [1.82, 2.24) is 4.90 Å². The van der Waals surface area contributed by atoms with Crippen molar-refractivity contribution in [3.8, 4) is 5.75 Å². The Morgan fingerprint density at radius 3 is 2.68 bits per heavy atom. The standard InChI is InChI=1S/C17H25FN2O2/c1-20(10-11-22-15-8-6-14(18)7-9-15)17(21)12-13-4-2-3-5-16(13)19/h6-9,13,16H,2-5,10-12,19H2,1H3. The molecule has 0 radical (unpaired) electrons. The van der Waals surface area contributed by atoms with Crippen LogP contribution in [0, 0.1) is 11.7 Å². The van der Waals surface area contributed by atoms with Crippen LogP contribution in [-0.2, 0) is 4.79 Å². The fourth-order valence-electron chi connectivity index (χ4n) is 2.83. The van der Waals surface area contributed by atoms with Crippen molar-refractivity contribution >= 4 is 5.91 Å². The van der Waals surface area contributed by atoms with E-state index in [0.29, 0.717) is 31.2 Å². The number of benzene rings is 1. The molecule has 1 fully saturated rings. The fourth-order valence-corrected chi connectivity index (χ4v) is 2.83. The van der Waals surface area contributed by atoms with Crippen molar-refractivity contribution in [3.63, 3.8) is 0 Å². The van der Waals surface area contributed by atoms with E-state index in [4.69, 9.17) is 10.5 Å². The smallest absolute Gasteiger partial charge is 0.222 e. The van der Waals surface area contributed by atoms with Crippen LogP contribution in [0.4, 0.5) is 4.39 Å². The van der Waals surface area contributed by atoms with E-state index >= 15 is 0 Å². The lowest BCUT2D eigenvalue weighted by Crippen LogP contribution is -2.38. The zero-order valence-corrected chi connectivity index (χ0v) is 13.1. The molecule has 4 nitrogen and oxygen atoms in total. The van der Waals surface area contributed by atoms with E-state index in [0.717, 1.165) is 12.8 Å². The molecular weight excluding hydrogens is 283 g/mol. The molecule has 1 saturated carbocycles. The number of carbonyl (C=O) groups excluding carboxylic acids is 1. The fraction of sp³-hybridized carbons (Fsp3) is 0.588. The number of likely N-dealkylation sites (N-methyl/N-ethyl adjacent to an activating group) is 1. The summed E-state index contributed by atoms with van der Waals surface area (Å²) >= 11 is 0. The number of rotatable bonds is 6. The van der Waals surface area contributed by atoms with Crippen LogP contribution in [0.5, 0.6) is 5.75 Å². The Kier molecular flexibility index (Phi) is 6.19. The van der Waals surface area contributed by atoms with Crippen molar-refractivity contribution in [2.75, 3.05) is 20.2 Å². The number of nitrogens with two attached hydrogens (primary N) is 1. The minimum Gasteiger partial charge on any atom is -0.492 e. The molecule has 1 aliphatic rings. The highest BCUT2D eigenvalue weighted by atomic mass is 19.1. The first-order valence-electron chi connectivity index (χ1n) is 7.94. The Morgan fingerprint density at radius 2 is 2.00 bits per heavy atom. The average Bonchev–Trinajstić information content (AvgIpc) is 2.51. The lowest BCUT2D eigenvalue weighted by Gasteiger charge is -2.29. The normalized spacial score (nSPS) is 21.4. The van der Waals surface area contributed by atoms with E-state index in [1.807, 2.05) is 0 Å². The predicted molar refractivity (Wildman–Crippen MR) is 84.1 cm³/mol. The summed E-state index contributed by atoms with van der Waals surface area (Å²) in [4.78, 5) is 13.9. The van der Waals surface area contributed by atoms with Gasteiger partial charge in [-0.25, -0.2) is 4.39 Å². The third kappa shape index (κ3) is 4.98. The quantitative estimate of drug-likeness (QED) is 0.879. The molecular formula is C17H25FN2O2. The van der Waals surface area contributed by atoms with E-state index in [2.05, 4.69) is 0 Å². The molecule has 2 rings (SSSR count). The first-order chi connectivity index (χ1) is 10.6. The molecule has 0 saturated heterocycles. The van der Waals surface area contributed by atoms with Crippen molar-refractivity contribution in [3.05, 3.63) is 30.1 Å². The lowest BCUT2D eigenvalue weighted by atomic mass is 9.83. The van der Waals surface area contributed by atoms with Gasteiger partial charge in [-0.1, -0.05) is 12.8 Å². The predicted octanol–water partition coefficient (Wildman–Crippen LogP) is 2.57. The first kappa shape index (κ1) is 16.7. The van der Waals surface area contributed by atoms with Crippen molar-refractivity contribution < 1.29 is 13.9 Å². The second-order valence-corrected chi connectivity index (χ2v) is 6.03. The maximum Gasteiger partial charge on any atom is 0.222 e.